The maximum atomic E-state index is 11.9. The predicted molar refractivity (Wildman–Crippen MR) is 90.5 cm³/mol. The van der Waals surface area contributed by atoms with Gasteiger partial charge in [0.1, 0.15) is 11.4 Å². The van der Waals surface area contributed by atoms with Gasteiger partial charge in [0.25, 0.3) is 0 Å². The first kappa shape index (κ1) is 18.1. The Morgan fingerprint density at radius 1 is 1.25 bits per heavy atom. The number of aliphatic carboxylic acids is 1. The second-order valence-corrected chi connectivity index (χ2v) is 7.70. The van der Waals surface area contributed by atoms with Gasteiger partial charge in [-0.05, 0) is 43.9 Å². The van der Waals surface area contributed by atoms with E-state index in [0.717, 1.165) is 5.56 Å². The number of carbonyl (C=O) groups excluding carboxylic acids is 1. The number of amides is 1. The molecular weight excluding hydrogens is 310 g/mol. The SMILES string of the molecule is COc1cc(C2C(C(=O)O)C2(C)C)ccc1NC(=O)OC(C)(C)C. The lowest BCUT2D eigenvalue weighted by Crippen LogP contribution is -2.27. The highest BCUT2D eigenvalue weighted by molar-refractivity contribution is 5.87. The highest BCUT2D eigenvalue weighted by atomic mass is 16.6. The van der Waals surface area contributed by atoms with Gasteiger partial charge in [-0.3, -0.25) is 10.1 Å². The van der Waals surface area contributed by atoms with E-state index in [9.17, 15) is 14.7 Å². The first-order valence-electron chi connectivity index (χ1n) is 7.88. The quantitative estimate of drug-likeness (QED) is 0.872. The van der Waals surface area contributed by atoms with Crippen LogP contribution in [0.4, 0.5) is 10.5 Å². The first-order valence-corrected chi connectivity index (χ1v) is 7.88. The van der Waals surface area contributed by atoms with Crippen LogP contribution in [0.5, 0.6) is 5.75 Å². The van der Waals surface area contributed by atoms with Crippen molar-refractivity contribution in [3.63, 3.8) is 0 Å². The summed E-state index contributed by atoms with van der Waals surface area (Å²) in [6.45, 7) is 9.24. The molecule has 24 heavy (non-hydrogen) atoms. The van der Waals surface area contributed by atoms with E-state index in [1.54, 1.807) is 32.9 Å². The van der Waals surface area contributed by atoms with Crippen molar-refractivity contribution in [3.05, 3.63) is 23.8 Å². The third-order valence-corrected chi connectivity index (χ3v) is 4.31. The molecule has 1 aromatic rings. The highest BCUT2D eigenvalue weighted by Gasteiger charge is 2.62. The molecule has 0 saturated heterocycles. The third kappa shape index (κ3) is 3.63. The van der Waals surface area contributed by atoms with E-state index in [2.05, 4.69) is 5.32 Å². The Balaban J connectivity index is 2.20. The average Bonchev–Trinajstić information content (AvgIpc) is 3.00. The summed E-state index contributed by atoms with van der Waals surface area (Å²) < 4.78 is 10.6. The molecule has 0 bridgehead atoms. The zero-order chi connectivity index (χ0) is 18.3. The Morgan fingerprint density at radius 3 is 2.33 bits per heavy atom. The van der Waals surface area contributed by atoms with E-state index < -0.39 is 23.6 Å². The molecule has 1 aliphatic carbocycles. The van der Waals surface area contributed by atoms with Crippen molar-refractivity contribution >= 4 is 17.7 Å². The second kappa shape index (κ2) is 6.00. The fraction of sp³-hybridized carbons (Fsp3) is 0.556. The van der Waals surface area contributed by atoms with Crippen molar-refractivity contribution < 1.29 is 24.2 Å². The molecule has 2 unspecified atom stereocenters. The van der Waals surface area contributed by atoms with Gasteiger partial charge in [0.2, 0.25) is 0 Å². The number of carbonyl (C=O) groups is 2. The Bertz CT molecular complexity index is 660. The van der Waals surface area contributed by atoms with Gasteiger partial charge in [-0.2, -0.15) is 0 Å². The van der Waals surface area contributed by atoms with Crippen LogP contribution in [0.3, 0.4) is 0 Å². The standard InChI is InChI=1S/C18H25NO5/c1-17(2,3)24-16(22)19-11-8-7-10(9-12(11)23-6)13-14(15(20)21)18(13,4)5/h7-9,13-14H,1-6H3,(H,19,22)(H,20,21). The number of carboxylic acids is 1. The number of benzene rings is 1. The van der Waals surface area contributed by atoms with Gasteiger partial charge >= 0.3 is 12.1 Å². The number of hydrogen-bond acceptors (Lipinski definition) is 4. The van der Waals surface area contributed by atoms with Crippen LogP contribution < -0.4 is 10.1 Å². The first-order chi connectivity index (χ1) is 11.0. The molecule has 2 rings (SSSR count). The monoisotopic (exact) mass is 335 g/mol. The van der Waals surface area contributed by atoms with Gasteiger partial charge in [-0.1, -0.05) is 19.9 Å². The van der Waals surface area contributed by atoms with Crippen molar-refractivity contribution in [1.82, 2.24) is 0 Å². The van der Waals surface area contributed by atoms with E-state index in [1.165, 1.54) is 7.11 Å². The zero-order valence-corrected chi connectivity index (χ0v) is 15.0. The fourth-order valence-electron chi connectivity index (χ4n) is 3.14. The molecule has 0 aromatic heterocycles. The lowest BCUT2D eigenvalue weighted by molar-refractivity contribution is -0.139. The normalized spacial score (nSPS) is 21.8. The number of methoxy groups -OCH3 is 1. The Morgan fingerprint density at radius 2 is 1.88 bits per heavy atom. The fourth-order valence-corrected chi connectivity index (χ4v) is 3.14. The van der Waals surface area contributed by atoms with Crippen LogP contribution in [0, 0.1) is 11.3 Å². The summed E-state index contributed by atoms with van der Waals surface area (Å²) in [5, 5.41) is 12.0. The van der Waals surface area contributed by atoms with Gasteiger partial charge in [-0.15, -0.1) is 0 Å². The molecule has 6 heteroatoms. The van der Waals surface area contributed by atoms with E-state index >= 15 is 0 Å². The molecular formula is C18H25NO5. The van der Waals surface area contributed by atoms with Gasteiger partial charge in [0.05, 0.1) is 18.7 Å². The number of anilines is 1. The second-order valence-electron chi connectivity index (χ2n) is 7.70. The Kier molecular flexibility index (Phi) is 4.52. The number of ether oxygens (including phenoxy) is 2. The summed E-state index contributed by atoms with van der Waals surface area (Å²) in [6.07, 6.45) is -0.566. The summed E-state index contributed by atoms with van der Waals surface area (Å²) in [6, 6.07) is 5.32. The molecule has 1 amide bonds. The third-order valence-electron chi connectivity index (χ3n) is 4.31. The van der Waals surface area contributed by atoms with E-state index in [-0.39, 0.29) is 11.3 Å². The molecule has 132 valence electrons. The van der Waals surface area contributed by atoms with E-state index in [1.807, 2.05) is 19.9 Å². The molecule has 1 saturated carbocycles. The molecule has 1 aliphatic rings. The minimum Gasteiger partial charge on any atom is -0.495 e. The van der Waals surface area contributed by atoms with Gasteiger partial charge in [0, 0.05) is 5.92 Å². The molecule has 1 aromatic carbocycles. The molecule has 0 heterocycles. The van der Waals surface area contributed by atoms with Crippen LogP contribution in [0.15, 0.2) is 18.2 Å². The highest BCUT2D eigenvalue weighted by Crippen LogP contribution is 2.64. The zero-order valence-electron chi connectivity index (χ0n) is 15.0. The minimum atomic E-state index is -0.792. The predicted octanol–water partition coefficient (Wildman–Crippen LogP) is 3.87. The summed E-state index contributed by atoms with van der Waals surface area (Å²) >= 11 is 0. The van der Waals surface area contributed by atoms with E-state index in [0.29, 0.717) is 11.4 Å². The maximum absolute atomic E-state index is 11.9. The van der Waals surface area contributed by atoms with Crippen molar-refractivity contribution in [2.45, 2.75) is 46.1 Å². The summed E-state index contributed by atoms with van der Waals surface area (Å²) in [4.78, 5) is 23.3. The van der Waals surface area contributed by atoms with Crippen LogP contribution in [0.2, 0.25) is 0 Å². The maximum Gasteiger partial charge on any atom is 0.412 e. The van der Waals surface area contributed by atoms with Gasteiger partial charge in [0.15, 0.2) is 0 Å². The number of carboxylic acid groups (broad SMARTS) is 1. The minimum absolute atomic E-state index is 0.0699. The van der Waals surface area contributed by atoms with Crippen molar-refractivity contribution in [3.8, 4) is 5.75 Å². The lowest BCUT2D eigenvalue weighted by Gasteiger charge is -2.20. The topological polar surface area (TPSA) is 84.9 Å². The average molecular weight is 335 g/mol. The van der Waals surface area contributed by atoms with Crippen LogP contribution in [-0.2, 0) is 9.53 Å². The van der Waals surface area contributed by atoms with Gasteiger partial charge in [-0.25, -0.2) is 4.79 Å². The molecule has 0 aliphatic heterocycles. The van der Waals surface area contributed by atoms with Crippen LogP contribution in [0.1, 0.15) is 46.1 Å². The van der Waals surface area contributed by atoms with Crippen molar-refractivity contribution in [2.75, 3.05) is 12.4 Å². The largest absolute Gasteiger partial charge is 0.495 e. The molecule has 2 atom stereocenters. The summed E-state index contributed by atoms with van der Waals surface area (Å²) in [5.74, 6) is -0.795. The van der Waals surface area contributed by atoms with Crippen molar-refractivity contribution in [2.24, 2.45) is 11.3 Å². The van der Waals surface area contributed by atoms with Crippen LogP contribution >= 0.6 is 0 Å². The molecule has 1 fully saturated rings. The summed E-state index contributed by atoms with van der Waals surface area (Å²) in [5.41, 5.74) is 0.487. The van der Waals surface area contributed by atoms with E-state index in [4.69, 9.17) is 9.47 Å². The molecule has 0 spiro atoms. The number of hydrogen-bond donors (Lipinski definition) is 2. The molecule has 0 radical (unpaired) electrons. The Labute approximate surface area is 142 Å². The van der Waals surface area contributed by atoms with Crippen LogP contribution in [-0.4, -0.2) is 29.9 Å². The smallest absolute Gasteiger partial charge is 0.412 e. The molecule has 6 nitrogen and oxygen atoms in total. The van der Waals surface area contributed by atoms with Crippen molar-refractivity contribution in [1.29, 1.82) is 0 Å². The number of nitrogens with one attached hydrogen (secondary N) is 1. The molecule has 2 N–H and O–H groups in total. The Hall–Kier alpha value is -2.24. The number of rotatable bonds is 4. The summed E-state index contributed by atoms with van der Waals surface area (Å²) in [7, 11) is 1.51. The lowest BCUT2D eigenvalue weighted by atomic mass is 10.0. The van der Waals surface area contributed by atoms with Crippen LogP contribution in [0.25, 0.3) is 0 Å². The van der Waals surface area contributed by atoms with Gasteiger partial charge < -0.3 is 14.6 Å².